The van der Waals surface area contributed by atoms with Crippen molar-refractivity contribution < 1.29 is 0 Å². The van der Waals surface area contributed by atoms with Gasteiger partial charge in [-0.2, -0.15) is 0 Å². The van der Waals surface area contributed by atoms with Gasteiger partial charge in [-0.15, -0.1) is 17.8 Å². The van der Waals surface area contributed by atoms with E-state index in [1.54, 1.807) is 10.8 Å². The number of hydrogen-bond acceptors (Lipinski definition) is 5. The number of anilines is 1. The number of fused-ring (bicyclic) bond motifs is 3. The first kappa shape index (κ1) is 16.3. The first-order valence-corrected chi connectivity index (χ1v) is 8.97. The maximum absolute atomic E-state index is 13.2. The third-order valence-corrected chi connectivity index (χ3v) is 5.31. The van der Waals surface area contributed by atoms with Gasteiger partial charge >= 0.3 is 0 Å². The summed E-state index contributed by atoms with van der Waals surface area (Å²) in [7, 11) is 0. The second-order valence-electron chi connectivity index (χ2n) is 6.01. The van der Waals surface area contributed by atoms with Crippen LogP contribution in [-0.2, 0) is 0 Å². The number of terminal acetylenes is 1. The molecule has 0 unspecified atom stereocenters. The zero-order valence-electron chi connectivity index (χ0n) is 14.4. The Morgan fingerprint density at radius 3 is 2.73 bits per heavy atom. The van der Waals surface area contributed by atoms with E-state index >= 15 is 0 Å². The quantitative estimate of drug-likeness (QED) is 0.567. The Kier molecular flexibility index (Phi) is 3.94. The summed E-state index contributed by atoms with van der Waals surface area (Å²) in [6.07, 6.45) is 7.07. The number of pyridine rings is 1. The second kappa shape index (κ2) is 6.28. The number of nitrogens with one attached hydrogen (secondary N) is 1. The first-order chi connectivity index (χ1) is 12.6. The van der Waals surface area contributed by atoms with Gasteiger partial charge in [-0.05, 0) is 32.0 Å². The van der Waals surface area contributed by atoms with Gasteiger partial charge < -0.3 is 5.32 Å². The van der Waals surface area contributed by atoms with Crippen LogP contribution >= 0.6 is 11.3 Å². The normalized spacial score (nSPS) is 11.0. The fourth-order valence-corrected chi connectivity index (χ4v) is 4.05. The van der Waals surface area contributed by atoms with Crippen LogP contribution in [0.25, 0.3) is 26.1 Å². The molecule has 1 aromatic carbocycles. The highest BCUT2D eigenvalue weighted by molar-refractivity contribution is 7.25. The van der Waals surface area contributed by atoms with E-state index in [4.69, 9.17) is 11.4 Å². The van der Waals surface area contributed by atoms with E-state index in [9.17, 15) is 4.79 Å². The van der Waals surface area contributed by atoms with E-state index < -0.39 is 0 Å². The smallest absolute Gasteiger partial charge is 0.276 e. The highest BCUT2D eigenvalue weighted by Crippen LogP contribution is 2.34. The van der Waals surface area contributed by atoms with Gasteiger partial charge in [-0.3, -0.25) is 9.36 Å². The molecule has 1 N–H and O–H groups in total. The fourth-order valence-electron chi connectivity index (χ4n) is 3.01. The molecule has 0 aliphatic heterocycles. The fraction of sp³-hybridized carbons (Fsp3) is 0.150. The molecule has 128 valence electrons. The number of hydrogen-bond donors (Lipinski definition) is 1. The summed E-state index contributed by atoms with van der Waals surface area (Å²) < 4.78 is 2.24. The van der Waals surface area contributed by atoms with Crippen LogP contribution in [0.2, 0.25) is 0 Å². The highest BCUT2D eigenvalue weighted by Gasteiger charge is 2.17. The SMILES string of the molecule is C#CCNc1ccnc2sc3c(=O)n(-c4ccc(C)cc4)c(C)nc3c12. The second-order valence-corrected chi connectivity index (χ2v) is 7.01. The Bertz CT molecular complexity index is 1230. The van der Waals surface area contributed by atoms with Crippen molar-refractivity contribution in [2.45, 2.75) is 13.8 Å². The Hall–Kier alpha value is -3.17. The highest BCUT2D eigenvalue weighted by atomic mass is 32.1. The van der Waals surface area contributed by atoms with E-state index in [1.807, 2.05) is 44.2 Å². The van der Waals surface area contributed by atoms with Crippen LogP contribution in [0.3, 0.4) is 0 Å². The summed E-state index contributed by atoms with van der Waals surface area (Å²) >= 11 is 1.36. The van der Waals surface area contributed by atoms with Crippen molar-refractivity contribution in [3.05, 3.63) is 58.3 Å². The Balaban J connectivity index is 2.03. The van der Waals surface area contributed by atoms with Crippen molar-refractivity contribution >= 4 is 37.5 Å². The molecule has 3 aromatic heterocycles. The molecule has 6 heteroatoms. The van der Waals surface area contributed by atoms with Crippen molar-refractivity contribution in [2.75, 3.05) is 11.9 Å². The molecule has 3 heterocycles. The van der Waals surface area contributed by atoms with Gasteiger partial charge in [0.2, 0.25) is 0 Å². The standard InChI is InChI=1S/C20H16N4OS/c1-4-10-21-15-9-11-22-19-16(15)17-18(26-19)20(25)24(13(3)23-17)14-7-5-12(2)6-8-14/h1,5-9,11H,10H2,2-3H3,(H,21,22). The topological polar surface area (TPSA) is 59.8 Å². The maximum atomic E-state index is 13.2. The van der Waals surface area contributed by atoms with Crippen LogP contribution in [0.4, 0.5) is 5.69 Å². The molecule has 0 aliphatic rings. The number of aryl methyl sites for hydroxylation is 2. The van der Waals surface area contributed by atoms with Gasteiger partial charge in [0, 0.05) is 11.9 Å². The molecule has 0 fully saturated rings. The molecule has 0 atom stereocenters. The van der Waals surface area contributed by atoms with Crippen LogP contribution < -0.4 is 10.9 Å². The number of benzene rings is 1. The minimum atomic E-state index is -0.0812. The summed E-state index contributed by atoms with van der Waals surface area (Å²) in [4.78, 5) is 23.1. The van der Waals surface area contributed by atoms with Gasteiger partial charge in [0.25, 0.3) is 5.56 Å². The van der Waals surface area contributed by atoms with Crippen LogP contribution in [-0.4, -0.2) is 21.1 Å². The minimum Gasteiger partial charge on any atom is -0.373 e. The summed E-state index contributed by atoms with van der Waals surface area (Å²) in [5.74, 6) is 3.20. The first-order valence-electron chi connectivity index (χ1n) is 8.15. The zero-order chi connectivity index (χ0) is 18.3. The number of thiophene rings is 1. The number of rotatable bonds is 3. The third-order valence-electron chi connectivity index (χ3n) is 4.23. The molecule has 0 amide bonds. The van der Waals surface area contributed by atoms with Gasteiger partial charge in [-0.1, -0.05) is 23.6 Å². The molecular weight excluding hydrogens is 344 g/mol. The molecule has 0 aliphatic carbocycles. The zero-order valence-corrected chi connectivity index (χ0v) is 15.2. The molecule has 4 aromatic rings. The number of aromatic nitrogens is 3. The maximum Gasteiger partial charge on any atom is 0.276 e. The lowest BCUT2D eigenvalue weighted by Gasteiger charge is -2.10. The van der Waals surface area contributed by atoms with Crippen molar-refractivity contribution in [2.24, 2.45) is 0 Å². The summed E-state index contributed by atoms with van der Waals surface area (Å²) in [6, 6.07) is 9.69. The largest absolute Gasteiger partial charge is 0.373 e. The summed E-state index contributed by atoms with van der Waals surface area (Å²) in [5, 5.41) is 4.04. The Labute approximate surface area is 154 Å². The van der Waals surface area contributed by atoms with E-state index in [0.29, 0.717) is 22.6 Å². The summed E-state index contributed by atoms with van der Waals surface area (Å²) in [5.41, 5.74) is 3.39. The van der Waals surface area contributed by atoms with E-state index in [1.165, 1.54) is 11.3 Å². The van der Waals surface area contributed by atoms with Gasteiger partial charge in [0.15, 0.2) is 0 Å². The Morgan fingerprint density at radius 2 is 2.00 bits per heavy atom. The van der Waals surface area contributed by atoms with Crippen molar-refractivity contribution in [3.63, 3.8) is 0 Å². The van der Waals surface area contributed by atoms with Gasteiger partial charge in [-0.25, -0.2) is 9.97 Å². The van der Waals surface area contributed by atoms with Crippen LogP contribution in [0, 0.1) is 26.2 Å². The monoisotopic (exact) mass is 360 g/mol. The molecular formula is C20H16N4OS. The van der Waals surface area contributed by atoms with Crippen LogP contribution in [0.5, 0.6) is 0 Å². The van der Waals surface area contributed by atoms with Gasteiger partial charge in [0.05, 0.1) is 17.6 Å². The van der Waals surface area contributed by atoms with Gasteiger partial charge in [0.1, 0.15) is 20.9 Å². The predicted molar refractivity (Wildman–Crippen MR) is 107 cm³/mol. The molecule has 0 spiro atoms. The molecule has 4 rings (SSSR count). The lowest BCUT2D eigenvalue weighted by atomic mass is 10.2. The molecule has 0 saturated heterocycles. The molecule has 26 heavy (non-hydrogen) atoms. The molecule has 5 nitrogen and oxygen atoms in total. The molecule has 0 bridgehead atoms. The Morgan fingerprint density at radius 1 is 1.23 bits per heavy atom. The average Bonchev–Trinajstić information content (AvgIpc) is 3.01. The van der Waals surface area contributed by atoms with Crippen LogP contribution in [0.15, 0.2) is 41.3 Å². The van der Waals surface area contributed by atoms with E-state index in [0.717, 1.165) is 27.2 Å². The lowest BCUT2D eigenvalue weighted by molar-refractivity contribution is 0.898. The third kappa shape index (κ3) is 2.54. The summed E-state index contributed by atoms with van der Waals surface area (Å²) in [6.45, 7) is 4.26. The number of nitrogens with zero attached hydrogens (tertiary/aromatic N) is 3. The van der Waals surface area contributed by atoms with Crippen LogP contribution in [0.1, 0.15) is 11.4 Å². The molecule has 0 radical (unpaired) electrons. The average molecular weight is 360 g/mol. The lowest BCUT2D eigenvalue weighted by Crippen LogP contribution is -2.21. The molecule has 0 saturated carbocycles. The predicted octanol–water partition coefficient (Wildman–Crippen LogP) is 3.66. The van der Waals surface area contributed by atoms with Crippen molar-refractivity contribution in [1.82, 2.24) is 14.5 Å². The van der Waals surface area contributed by atoms with E-state index in [-0.39, 0.29) is 5.56 Å². The van der Waals surface area contributed by atoms with Crippen molar-refractivity contribution in [1.29, 1.82) is 0 Å². The van der Waals surface area contributed by atoms with Crippen molar-refractivity contribution in [3.8, 4) is 18.0 Å². The minimum absolute atomic E-state index is 0.0812. The van der Waals surface area contributed by atoms with E-state index in [2.05, 4.69) is 16.2 Å².